The number of carboxylic acid groups (broad SMARTS) is 1. The molecule has 22 heavy (non-hydrogen) atoms. The molecule has 0 fully saturated rings. The molecule has 0 radical (unpaired) electrons. The van der Waals surface area contributed by atoms with Crippen molar-refractivity contribution in [3.05, 3.63) is 35.4 Å². The molecule has 0 bridgehead atoms. The Morgan fingerprint density at radius 2 is 1.73 bits per heavy atom. The molecule has 124 valence electrons. The van der Waals surface area contributed by atoms with Crippen molar-refractivity contribution in [1.82, 2.24) is 0 Å². The third-order valence-electron chi connectivity index (χ3n) is 4.16. The van der Waals surface area contributed by atoms with Gasteiger partial charge in [-0.1, -0.05) is 70.1 Å². The van der Waals surface area contributed by atoms with Crippen molar-refractivity contribution in [3.63, 3.8) is 0 Å². The topological polar surface area (TPSA) is 46.5 Å². The van der Waals surface area contributed by atoms with Crippen LogP contribution in [0.25, 0.3) is 0 Å². The first-order chi connectivity index (χ1) is 10.7. The predicted molar refractivity (Wildman–Crippen MR) is 90.5 cm³/mol. The largest absolute Gasteiger partial charge is 0.478 e. The van der Waals surface area contributed by atoms with Crippen molar-refractivity contribution in [2.24, 2.45) is 0 Å². The second-order valence-electron chi connectivity index (χ2n) is 5.93. The van der Waals surface area contributed by atoms with E-state index < -0.39 is 5.97 Å². The van der Waals surface area contributed by atoms with Crippen LogP contribution in [0, 0.1) is 0 Å². The number of methoxy groups -OCH3 is 1. The van der Waals surface area contributed by atoms with Crippen LogP contribution >= 0.6 is 0 Å². The predicted octanol–water partition coefficient (Wildman–Crippen LogP) is 5.08. The lowest BCUT2D eigenvalue weighted by molar-refractivity contribution is 0.0691. The molecule has 0 aliphatic heterocycles. The van der Waals surface area contributed by atoms with Crippen molar-refractivity contribution < 1.29 is 14.6 Å². The zero-order chi connectivity index (χ0) is 16.2. The van der Waals surface area contributed by atoms with Crippen molar-refractivity contribution >= 4 is 5.97 Å². The number of benzene rings is 1. The Labute approximate surface area is 134 Å². The molecule has 1 unspecified atom stereocenters. The quantitative estimate of drug-likeness (QED) is 0.548. The number of aromatic carboxylic acids is 1. The maximum atomic E-state index is 11.2. The van der Waals surface area contributed by atoms with Crippen molar-refractivity contribution in [2.45, 2.75) is 70.8 Å². The minimum Gasteiger partial charge on any atom is -0.478 e. The van der Waals surface area contributed by atoms with Gasteiger partial charge in [0.05, 0.1) is 11.7 Å². The fourth-order valence-corrected chi connectivity index (χ4v) is 2.78. The molecule has 0 heterocycles. The lowest BCUT2D eigenvalue weighted by atomic mass is 9.98. The second kappa shape index (κ2) is 11.2. The van der Waals surface area contributed by atoms with E-state index in [1.165, 1.54) is 38.5 Å². The van der Waals surface area contributed by atoms with Crippen LogP contribution in [0.2, 0.25) is 0 Å². The standard InChI is InChI=1S/C19H30O3/c1-3-4-5-6-7-8-9-13-17(22-2)15-16-12-10-11-14-18(16)19(20)21/h10-12,14,17H,3-9,13,15H2,1-2H3,(H,20,21). The Morgan fingerprint density at radius 1 is 1.09 bits per heavy atom. The summed E-state index contributed by atoms with van der Waals surface area (Å²) in [5.41, 5.74) is 1.26. The summed E-state index contributed by atoms with van der Waals surface area (Å²) < 4.78 is 5.54. The van der Waals surface area contributed by atoms with E-state index in [1.54, 1.807) is 19.2 Å². The summed E-state index contributed by atoms with van der Waals surface area (Å²) in [6.45, 7) is 2.23. The number of rotatable bonds is 12. The molecule has 1 rings (SSSR count). The lowest BCUT2D eigenvalue weighted by Gasteiger charge is -2.16. The van der Waals surface area contributed by atoms with Gasteiger partial charge in [-0.2, -0.15) is 0 Å². The maximum Gasteiger partial charge on any atom is 0.335 e. The third-order valence-corrected chi connectivity index (χ3v) is 4.16. The van der Waals surface area contributed by atoms with E-state index >= 15 is 0 Å². The van der Waals surface area contributed by atoms with Crippen LogP contribution in [0.5, 0.6) is 0 Å². The number of ether oxygens (including phenoxy) is 1. The van der Waals surface area contributed by atoms with Gasteiger partial charge in [0.2, 0.25) is 0 Å². The lowest BCUT2D eigenvalue weighted by Crippen LogP contribution is -2.16. The average molecular weight is 306 g/mol. The van der Waals surface area contributed by atoms with Crippen LogP contribution in [0.1, 0.15) is 74.2 Å². The molecule has 0 saturated carbocycles. The molecule has 3 nitrogen and oxygen atoms in total. The van der Waals surface area contributed by atoms with E-state index in [0.29, 0.717) is 12.0 Å². The monoisotopic (exact) mass is 306 g/mol. The number of carboxylic acids is 1. The first kappa shape index (κ1) is 18.7. The highest BCUT2D eigenvalue weighted by atomic mass is 16.5. The minimum absolute atomic E-state index is 0.108. The van der Waals surface area contributed by atoms with Gasteiger partial charge < -0.3 is 9.84 Å². The van der Waals surface area contributed by atoms with E-state index in [9.17, 15) is 9.90 Å². The Hall–Kier alpha value is -1.35. The van der Waals surface area contributed by atoms with E-state index in [0.717, 1.165) is 18.4 Å². The number of unbranched alkanes of at least 4 members (excludes halogenated alkanes) is 6. The summed E-state index contributed by atoms with van der Waals surface area (Å²) in [7, 11) is 1.72. The van der Waals surface area contributed by atoms with Gasteiger partial charge in [-0.05, 0) is 24.5 Å². The molecule has 0 spiro atoms. The van der Waals surface area contributed by atoms with Gasteiger partial charge in [0, 0.05) is 7.11 Å². The Morgan fingerprint density at radius 3 is 2.36 bits per heavy atom. The van der Waals surface area contributed by atoms with Gasteiger partial charge in [0.25, 0.3) is 0 Å². The molecule has 1 aromatic carbocycles. The highest BCUT2D eigenvalue weighted by Gasteiger charge is 2.14. The first-order valence-electron chi connectivity index (χ1n) is 8.53. The summed E-state index contributed by atoms with van der Waals surface area (Å²) in [5, 5.41) is 9.23. The Bertz CT molecular complexity index is 428. The molecule has 1 N–H and O–H groups in total. The summed E-state index contributed by atoms with van der Waals surface area (Å²) in [4.78, 5) is 11.2. The highest BCUT2D eigenvalue weighted by molar-refractivity contribution is 5.89. The van der Waals surface area contributed by atoms with Crippen LogP contribution in [-0.4, -0.2) is 24.3 Å². The molecule has 0 aliphatic rings. The molecule has 3 heteroatoms. The van der Waals surface area contributed by atoms with Crippen LogP contribution in [0.4, 0.5) is 0 Å². The molecule has 1 aromatic rings. The van der Waals surface area contributed by atoms with Gasteiger partial charge in [-0.25, -0.2) is 4.79 Å². The SMILES string of the molecule is CCCCCCCCCC(Cc1ccccc1C(=O)O)OC. The van der Waals surface area contributed by atoms with Crippen LogP contribution in [0.3, 0.4) is 0 Å². The number of hydrogen-bond donors (Lipinski definition) is 1. The normalized spacial score (nSPS) is 12.3. The smallest absolute Gasteiger partial charge is 0.335 e. The van der Waals surface area contributed by atoms with Crippen LogP contribution in [-0.2, 0) is 11.2 Å². The molecule has 1 atom stereocenters. The molecule has 0 amide bonds. The van der Waals surface area contributed by atoms with E-state index in [1.807, 2.05) is 12.1 Å². The maximum absolute atomic E-state index is 11.2. The number of hydrogen-bond acceptors (Lipinski definition) is 2. The second-order valence-corrected chi connectivity index (χ2v) is 5.93. The summed E-state index contributed by atoms with van der Waals surface area (Å²) in [5.74, 6) is -0.860. The Kier molecular flexibility index (Phi) is 9.56. The molecular weight excluding hydrogens is 276 g/mol. The highest BCUT2D eigenvalue weighted by Crippen LogP contribution is 2.17. The molecule has 0 aromatic heterocycles. The minimum atomic E-state index is -0.860. The van der Waals surface area contributed by atoms with Crippen molar-refractivity contribution in [2.75, 3.05) is 7.11 Å². The van der Waals surface area contributed by atoms with E-state index in [4.69, 9.17) is 4.74 Å². The third kappa shape index (κ3) is 7.08. The number of carbonyl (C=O) groups is 1. The van der Waals surface area contributed by atoms with Gasteiger partial charge >= 0.3 is 5.97 Å². The van der Waals surface area contributed by atoms with E-state index in [2.05, 4.69) is 6.92 Å². The molecule has 0 saturated heterocycles. The van der Waals surface area contributed by atoms with Gasteiger partial charge in [-0.15, -0.1) is 0 Å². The summed E-state index contributed by atoms with van der Waals surface area (Å²) >= 11 is 0. The zero-order valence-electron chi connectivity index (χ0n) is 14.0. The van der Waals surface area contributed by atoms with Crippen molar-refractivity contribution in [1.29, 1.82) is 0 Å². The summed E-state index contributed by atoms with van der Waals surface area (Å²) in [6.07, 6.45) is 10.8. The van der Waals surface area contributed by atoms with Gasteiger partial charge in [0.1, 0.15) is 0 Å². The molecule has 0 aliphatic carbocycles. The van der Waals surface area contributed by atoms with Gasteiger partial charge in [0.15, 0.2) is 0 Å². The van der Waals surface area contributed by atoms with Crippen LogP contribution < -0.4 is 0 Å². The van der Waals surface area contributed by atoms with E-state index in [-0.39, 0.29) is 6.10 Å². The average Bonchev–Trinajstić information content (AvgIpc) is 2.53. The van der Waals surface area contributed by atoms with Crippen LogP contribution in [0.15, 0.2) is 24.3 Å². The zero-order valence-corrected chi connectivity index (χ0v) is 14.0. The first-order valence-corrected chi connectivity index (χ1v) is 8.53. The fourth-order valence-electron chi connectivity index (χ4n) is 2.78. The fraction of sp³-hybridized carbons (Fsp3) is 0.632. The van der Waals surface area contributed by atoms with Crippen molar-refractivity contribution in [3.8, 4) is 0 Å². The van der Waals surface area contributed by atoms with Gasteiger partial charge in [-0.3, -0.25) is 0 Å². The Balaban J connectivity index is 2.35. The summed E-state index contributed by atoms with van der Waals surface area (Å²) in [6, 6.07) is 7.21. The molecular formula is C19H30O3.